The second-order valence-electron chi connectivity index (χ2n) is 2.42. The predicted molar refractivity (Wildman–Crippen MR) is 50.2 cm³/mol. The molecule has 0 bridgehead atoms. The van der Waals surface area contributed by atoms with E-state index < -0.39 is 0 Å². The number of rotatable bonds is 3. The lowest BCUT2D eigenvalue weighted by Crippen LogP contribution is -1.99. The smallest absolute Gasteiger partial charge is 0.106 e. The van der Waals surface area contributed by atoms with Crippen LogP contribution in [-0.4, -0.2) is 12.8 Å². The average Bonchev–Trinajstić information content (AvgIpc) is 2.19. The Morgan fingerprint density at radius 3 is 2.69 bits per heavy atom. The molecular formula is C10H10N2O. The summed E-state index contributed by atoms with van der Waals surface area (Å²) in [6, 6.07) is 11.6. The van der Waals surface area contributed by atoms with Crippen LogP contribution in [-0.2, 0) is 4.84 Å². The minimum absolute atomic E-state index is 0.262. The number of hydrogen-bond donors (Lipinski definition) is 0. The lowest BCUT2D eigenvalue weighted by atomic mass is 10.1. The van der Waals surface area contributed by atoms with E-state index in [1.54, 1.807) is 0 Å². The van der Waals surface area contributed by atoms with Crippen molar-refractivity contribution in [2.45, 2.75) is 6.42 Å². The van der Waals surface area contributed by atoms with Gasteiger partial charge in [-0.2, -0.15) is 5.26 Å². The third-order valence-electron chi connectivity index (χ3n) is 1.55. The molecule has 0 spiro atoms. The van der Waals surface area contributed by atoms with Crippen molar-refractivity contribution >= 4 is 5.71 Å². The Hall–Kier alpha value is -1.82. The minimum Gasteiger partial charge on any atom is -0.399 e. The summed E-state index contributed by atoms with van der Waals surface area (Å²) in [4.78, 5) is 4.65. The summed E-state index contributed by atoms with van der Waals surface area (Å²) in [6.07, 6.45) is 0.262. The molecule has 3 heteroatoms. The molecule has 0 aliphatic rings. The van der Waals surface area contributed by atoms with Gasteiger partial charge in [0.05, 0.1) is 12.5 Å². The highest BCUT2D eigenvalue weighted by atomic mass is 16.6. The molecule has 0 heterocycles. The Balaban J connectivity index is 2.91. The molecule has 0 aromatic heterocycles. The SMILES string of the molecule is CON=C(CC#N)c1ccccc1. The van der Waals surface area contributed by atoms with E-state index in [1.807, 2.05) is 36.4 Å². The van der Waals surface area contributed by atoms with Gasteiger partial charge < -0.3 is 4.84 Å². The fourth-order valence-corrected chi connectivity index (χ4v) is 1.00. The van der Waals surface area contributed by atoms with Crippen LogP contribution in [0.3, 0.4) is 0 Å². The normalized spacial score (nSPS) is 10.6. The summed E-state index contributed by atoms with van der Waals surface area (Å²) in [6.45, 7) is 0. The molecule has 0 fully saturated rings. The van der Waals surface area contributed by atoms with Gasteiger partial charge in [0.2, 0.25) is 0 Å². The highest BCUT2D eigenvalue weighted by Gasteiger charge is 2.01. The van der Waals surface area contributed by atoms with E-state index in [1.165, 1.54) is 7.11 Å². The van der Waals surface area contributed by atoms with Gasteiger partial charge in [-0.3, -0.25) is 0 Å². The summed E-state index contributed by atoms with van der Waals surface area (Å²) in [5.74, 6) is 0. The molecule has 0 amide bonds. The fraction of sp³-hybridized carbons (Fsp3) is 0.200. The van der Waals surface area contributed by atoms with Crippen LogP contribution in [0, 0.1) is 11.3 Å². The van der Waals surface area contributed by atoms with Crippen LogP contribution in [0.15, 0.2) is 35.5 Å². The largest absolute Gasteiger partial charge is 0.399 e. The van der Waals surface area contributed by atoms with Gasteiger partial charge in [-0.15, -0.1) is 0 Å². The van der Waals surface area contributed by atoms with Crippen LogP contribution in [0.4, 0.5) is 0 Å². The molecule has 0 atom stereocenters. The summed E-state index contributed by atoms with van der Waals surface area (Å²) < 4.78 is 0. The first-order valence-electron chi connectivity index (χ1n) is 3.91. The fourth-order valence-electron chi connectivity index (χ4n) is 1.00. The van der Waals surface area contributed by atoms with E-state index in [0.29, 0.717) is 5.71 Å². The third kappa shape index (κ3) is 2.60. The molecule has 0 aliphatic carbocycles. The Kier molecular flexibility index (Phi) is 3.52. The van der Waals surface area contributed by atoms with Crippen LogP contribution in [0.1, 0.15) is 12.0 Å². The Morgan fingerprint density at radius 2 is 2.15 bits per heavy atom. The van der Waals surface area contributed by atoms with Crippen LogP contribution in [0.25, 0.3) is 0 Å². The van der Waals surface area contributed by atoms with Gasteiger partial charge in [0.1, 0.15) is 12.8 Å². The van der Waals surface area contributed by atoms with Crippen LogP contribution in [0.5, 0.6) is 0 Å². The van der Waals surface area contributed by atoms with Gasteiger partial charge in [-0.1, -0.05) is 35.5 Å². The lowest BCUT2D eigenvalue weighted by Gasteiger charge is -1.99. The Morgan fingerprint density at radius 1 is 1.46 bits per heavy atom. The molecule has 66 valence electrons. The van der Waals surface area contributed by atoms with Crippen LogP contribution >= 0.6 is 0 Å². The average molecular weight is 174 g/mol. The number of benzene rings is 1. The zero-order valence-corrected chi connectivity index (χ0v) is 7.40. The molecule has 0 unspecified atom stereocenters. The van der Waals surface area contributed by atoms with Gasteiger partial charge in [0, 0.05) is 5.56 Å². The molecular weight excluding hydrogens is 164 g/mol. The minimum atomic E-state index is 0.262. The first kappa shape index (κ1) is 9.27. The quantitative estimate of drug-likeness (QED) is 0.519. The first-order chi connectivity index (χ1) is 6.38. The molecule has 1 aromatic carbocycles. The topological polar surface area (TPSA) is 45.4 Å². The summed E-state index contributed by atoms with van der Waals surface area (Å²) >= 11 is 0. The maximum atomic E-state index is 8.54. The standard InChI is InChI=1S/C10H10N2O/c1-13-12-10(7-8-11)9-5-3-2-4-6-9/h2-6H,7H2,1H3. The molecule has 1 rings (SSSR count). The van der Waals surface area contributed by atoms with Crippen LogP contribution in [0.2, 0.25) is 0 Å². The van der Waals surface area contributed by atoms with E-state index in [-0.39, 0.29) is 6.42 Å². The summed E-state index contributed by atoms with van der Waals surface area (Å²) in [5.41, 5.74) is 1.58. The predicted octanol–water partition coefficient (Wildman–Crippen LogP) is 1.95. The zero-order chi connectivity index (χ0) is 9.52. The zero-order valence-electron chi connectivity index (χ0n) is 7.40. The molecule has 0 N–H and O–H groups in total. The van der Waals surface area contributed by atoms with Crippen molar-refractivity contribution < 1.29 is 4.84 Å². The molecule has 3 nitrogen and oxygen atoms in total. The molecule has 0 aliphatic heterocycles. The Labute approximate surface area is 77.2 Å². The second-order valence-corrected chi connectivity index (χ2v) is 2.42. The van der Waals surface area contributed by atoms with E-state index in [4.69, 9.17) is 5.26 Å². The van der Waals surface area contributed by atoms with Crippen molar-refractivity contribution in [3.8, 4) is 6.07 Å². The van der Waals surface area contributed by atoms with Crippen molar-refractivity contribution in [3.05, 3.63) is 35.9 Å². The monoisotopic (exact) mass is 174 g/mol. The van der Waals surface area contributed by atoms with Crippen molar-refractivity contribution in [2.75, 3.05) is 7.11 Å². The number of nitrogens with zero attached hydrogens (tertiary/aromatic N) is 2. The number of oxime groups is 1. The van der Waals surface area contributed by atoms with Crippen molar-refractivity contribution in [1.29, 1.82) is 5.26 Å². The van der Waals surface area contributed by atoms with Crippen LogP contribution < -0.4 is 0 Å². The highest BCUT2D eigenvalue weighted by molar-refractivity contribution is 6.01. The second kappa shape index (κ2) is 4.94. The molecule has 13 heavy (non-hydrogen) atoms. The van der Waals surface area contributed by atoms with E-state index in [9.17, 15) is 0 Å². The van der Waals surface area contributed by atoms with E-state index in [0.717, 1.165) is 5.56 Å². The number of hydrogen-bond acceptors (Lipinski definition) is 3. The summed E-state index contributed by atoms with van der Waals surface area (Å²) in [7, 11) is 1.47. The van der Waals surface area contributed by atoms with Crippen molar-refractivity contribution in [3.63, 3.8) is 0 Å². The maximum absolute atomic E-state index is 8.54. The van der Waals surface area contributed by atoms with Crippen molar-refractivity contribution in [1.82, 2.24) is 0 Å². The lowest BCUT2D eigenvalue weighted by molar-refractivity contribution is 0.213. The van der Waals surface area contributed by atoms with Gasteiger partial charge >= 0.3 is 0 Å². The first-order valence-corrected chi connectivity index (χ1v) is 3.91. The van der Waals surface area contributed by atoms with Crippen molar-refractivity contribution in [2.24, 2.45) is 5.16 Å². The highest BCUT2D eigenvalue weighted by Crippen LogP contribution is 2.04. The number of nitriles is 1. The van der Waals surface area contributed by atoms with Gasteiger partial charge in [0.15, 0.2) is 0 Å². The third-order valence-corrected chi connectivity index (χ3v) is 1.55. The van der Waals surface area contributed by atoms with Gasteiger partial charge in [-0.25, -0.2) is 0 Å². The summed E-state index contributed by atoms with van der Waals surface area (Å²) in [5, 5.41) is 12.3. The van der Waals surface area contributed by atoms with Gasteiger partial charge in [-0.05, 0) is 0 Å². The molecule has 1 aromatic rings. The Bertz CT molecular complexity index is 325. The maximum Gasteiger partial charge on any atom is 0.106 e. The van der Waals surface area contributed by atoms with E-state index in [2.05, 4.69) is 9.99 Å². The molecule has 0 saturated heterocycles. The molecule has 0 saturated carbocycles. The molecule has 0 radical (unpaired) electrons. The van der Waals surface area contributed by atoms with E-state index >= 15 is 0 Å². The van der Waals surface area contributed by atoms with Gasteiger partial charge in [0.25, 0.3) is 0 Å².